The zero-order valence-corrected chi connectivity index (χ0v) is 18.0. The molecule has 0 unspecified atom stereocenters. The first kappa shape index (κ1) is 20.3. The highest BCUT2D eigenvalue weighted by Crippen LogP contribution is 2.21. The van der Waals surface area contributed by atoms with Gasteiger partial charge in [-0.2, -0.15) is 5.10 Å². The summed E-state index contributed by atoms with van der Waals surface area (Å²) in [5.41, 5.74) is 8.10. The Kier molecular flexibility index (Phi) is 5.54. The van der Waals surface area contributed by atoms with Crippen LogP contribution in [0.4, 0.5) is 5.95 Å². The summed E-state index contributed by atoms with van der Waals surface area (Å²) in [5, 5.41) is 5.07. The van der Waals surface area contributed by atoms with Crippen molar-refractivity contribution in [1.29, 1.82) is 0 Å². The number of nitrogens with zero attached hydrogens (tertiary/aromatic N) is 3. The third-order valence-electron chi connectivity index (χ3n) is 5.42. The van der Waals surface area contributed by atoms with E-state index in [1.807, 2.05) is 81.4 Å². The fraction of sp³-hybridized carbons (Fsp3) is 0.160. The lowest BCUT2D eigenvalue weighted by Gasteiger charge is -2.16. The van der Waals surface area contributed by atoms with Crippen LogP contribution in [-0.4, -0.2) is 22.4 Å². The number of benzene rings is 3. The van der Waals surface area contributed by atoms with Gasteiger partial charge in [-0.1, -0.05) is 24.3 Å². The quantitative estimate of drug-likeness (QED) is 0.376. The van der Waals surface area contributed by atoms with Crippen molar-refractivity contribution in [3.05, 3.63) is 93.8 Å². The maximum absolute atomic E-state index is 13.4. The molecule has 0 aliphatic rings. The third kappa shape index (κ3) is 3.92. The van der Waals surface area contributed by atoms with Gasteiger partial charge in [0.25, 0.3) is 5.56 Å². The van der Waals surface area contributed by atoms with Gasteiger partial charge in [-0.3, -0.25) is 4.79 Å². The van der Waals surface area contributed by atoms with Gasteiger partial charge >= 0.3 is 0 Å². The SMILES string of the molecule is COc1ccc(/C(C)=N\Nc2nc3ccccc3c(=O)n2-c2cccc(C)c2C)cc1. The lowest BCUT2D eigenvalue weighted by molar-refractivity contribution is 0.415. The number of anilines is 1. The number of nitrogens with one attached hydrogen (secondary N) is 1. The van der Waals surface area contributed by atoms with Crippen molar-refractivity contribution in [2.75, 3.05) is 12.5 Å². The molecule has 4 aromatic rings. The van der Waals surface area contributed by atoms with Gasteiger partial charge in [0, 0.05) is 0 Å². The van der Waals surface area contributed by atoms with E-state index in [9.17, 15) is 4.79 Å². The Morgan fingerprint density at radius 3 is 2.48 bits per heavy atom. The van der Waals surface area contributed by atoms with Crippen molar-refractivity contribution in [3.63, 3.8) is 0 Å². The second kappa shape index (κ2) is 8.44. The summed E-state index contributed by atoms with van der Waals surface area (Å²) in [7, 11) is 1.63. The van der Waals surface area contributed by atoms with Gasteiger partial charge in [0.15, 0.2) is 0 Å². The summed E-state index contributed by atoms with van der Waals surface area (Å²) in [6.07, 6.45) is 0. The lowest BCUT2D eigenvalue weighted by atomic mass is 10.1. The minimum atomic E-state index is -0.140. The Hall–Kier alpha value is -3.93. The molecule has 0 spiro atoms. The van der Waals surface area contributed by atoms with E-state index >= 15 is 0 Å². The van der Waals surface area contributed by atoms with Gasteiger partial charge in [-0.05, 0) is 79.9 Å². The van der Waals surface area contributed by atoms with Crippen LogP contribution in [0.25, 0.3) is 16.6 Å². The van der Waals surface area contributed by atoms with E-state index < -0.39 is 0 Å². The standard InChI is InChI=1S/C25H24N4O2/c1-16-8-7-11-23(17(16)2)29-24(30)21-9-5-6-10-22(21)26-25(29)28-27-18(3)19-12-14-20(31-4)15-13-19/h5-15H,1-4H3,(H,26,28)/b27-18-. The minimum absolute atomic E-state index is 0.140. The second-order valence-electron chi connectivity index (χ2n) is 7.35. The number of hydrazone groups is 1. The molecule has 4 rings (SSSR count). The molecule has 0 aliphatic carbocycles. The van der Waals surface area contributed by atoms with E-state index in [2.05, 4.69) is 10.5 Å². The van der Waals surface area contributed by atoms with Crippen molar-refractivity contribution in [2.45, 2.75) is 20.8 Å². The van der Waals surface area contributed by atoms with Crippen molar-refractivity contribution in [3.8, 4) is 11.4 Å². The Bertz CT molecular complexity index is 1340. The van der Waals surface area contributed by atoms with Crippen LogP contribution in [0, 0.1) is 13.8 Å². The highest BCUT2D eigenvalue weighted by atomic mass is 16.5. The van der Waals surface area contributed by atoms with Gasteiger partial charge in [0.1, 0.15) is 5.75 Å². The first-order valence-corrected chi connectivity index (χ1v) is 10.0. The summed E-state index contributed by atoms with van der Waals surface area (Å²) in [6, 6.07) is 20.9. The van der Waals surface area contributed by atoms with Crippen molar-refractivity contribution >= 4 is 22.6 Å². The van der Waals surface area contributed by atoms with E-state index in [0.717, 1.165) is 33.8 Å². The molecule has 0 atom stereocenters. The largest absolute Gasteiger partial charge is 0.497 e. The van der Waals surface area contributed by atoms with E-state index in [1.54, 1.807) is 17.7 Å². The first-order valence-electron chi connectivity index (χ1n) is 10.0. The van der Waals surface area contributed by atoms with Gasteiger partial charge in [-0.25, -0.2) is 15.0 Å². The maximum Gasteiger partial charge on any atom is 0.267 e. The fourth-order valence-corrected chi connectivity index (χ4v) is 3.44. The van der Waals surface area contributed by atoms with Gasteiger partial charge in [-0.15, -0.1) is 0 Å². The van der Waals surface area contributed by atoms with E-state index in [4.69, 9.17) is 9.72 Å². The average Bonchev–Trinajstić information content (AvgIpc) is 2.80. The normalized spacial score (nSPS) is 11.5. The molecule has 0 fully saturated rings. The van der Waals surface area contributed by atoms with Crippen LogP contribution in [0.2, 0.25) is 0 Å². The zero-order chi connectivity index (χ0) is 22.0. The van der Waals surface area contributed by atoms with Crippen LogP contribution in [0.1, 0.15) is 23.6 Å². The Labute approximate surface area is 180 Å². The highest BCUT2D eigenvalue weighted by molar-refractivity contribution is 5.99. The molecule has 1 aromatic heterocycles. The fourth-order valence-electron chi connectivity index (χ4n) is 3.44. The Balaban J connectivity index is 1.84. The van der Waals surface area contributed by atoms with Crippen LogP contribution in [-0.2, 0) is 0 Å². The average molecular weight is 412 g/mol. The van der Waals surface area contributed by atoms with E-state index in [1.165, 1.54) is 0 Å². The Morgan fingerprint density at radius 1 is 1.00 bits per heavy atom. The second-order valence-corrected chi connectivity index (χ2v) is 7.35. The van der Waals surface area contributed by atoms with Crippen molar-refractivity contribution in [1.82, 2.24) is 9.55 Å². The molecular weight excluding hydrogens is 388 g/mol. The number of ether oxygens (including phenoxy) is 1. The number of fused-ring (bicyclic) bond motifs is 1. The van der Waals surface area contributed by atoms with Crippen LogP contribution in [0.3, 0.4) is 0 Å². The van der Waals surface area contributed by atoms with Gasteiger partial charge in [0.2, 0.25) is 5.95 Å². The summed E-state index contributed by atoms with van der Waals surface area (Å²) in [4.78, 5) is 18.1. The number of hydrogen-bond donors (Lipinski definition) is 1. The first-order chi connectivity index (χ1) is 15.0. The zero-order valence-electron chi connectivity index (χ0n) is 18.0. The molecule has 0 saturated heterocycles. The van der Waals surface area contributed by atoms with Gasteiger partial charge in [0.05, 0.1) is 29.4 Å². The summed E-state index contributed by atoms with van der Waals surface area (Å²) in [5.74, 6) is 1.15. The molecular formula is C25H24N4O2. The number of methoxy groups -OCH3 is 1. The van der Waals surface area contributed by atoms with Gasteiger partial charge < -0.3 is 4.74 Å². The molecule has 0 radical (unpaired) electrons. The molecule has 1 heterocycles. The molecule has 3 aromatic carbocycles. The summed E-state index contributed by atoms with van der Waals surface area (Å²) < 4.78 is 6.81. The molecule has 6 heteroatoms. The lowest BCUT2D eigenvalue weighted by Crippen LogP contribution is -2.24. The van der Waals surface area contributed by atoms with Crippen molar-refractivity contribution in [2.24, 2.45) is 5.10 Å². The molecule has 6 nitrogen and oxygen atoms in total. The van der Waals surface area contributed by atoms with Crippen LogP contribution in [0.15, 0.2) is 76.6 Å². The number of aromatic nitrogens is 2. The molecule has 0 amide bonds. The summed E-state index contributed by atoms with van der Waals surface area (Å²) >= 11 is 0. The predicted molar refractivity (Wildman–Crippen MR) is 126 cm³/mol. The van der Waals surface area contributed by atoms with Crippen LogP contribution >= 0.6 is 0 Å². The Morgan fingerprint density at radius 2 is 1.74 bits per heavy atom. The van der Waals surface area contributed by atoms with Crippen LogP contribution < -0.4 is 15.7 Å². The third-order valence-corrected chi connectivity index (χ3v) is 5.42. The maximum atomic E-state index is 13.4. The number of hydrogen-bond acceptors (Lipinski definition) is 5. The molecule has 0 bridgehead atoms. The molecule has 0 saturated carbocycles. The molecule has 0 aliphatic heterocycles. The summed E-state index contributed by atoms with van der Waals surface area (Å²) in [6.45, 7) is 5.93. The topological polar surface area (TPSA) is 68.5 Å². The minimum Gasteiger partial charge on any atom is -0.497 e. The number of rotatable bonds is 5. The number of para-hydroxylation sites is 1. The van der Waals surface area contributed by atoms with E-state index in [-0.39, 0.29) is 5.56 Å². The molecule has 1 N–H and O–H groups in total. The van der Waals surface area contributed by atoms with Crippen LogP contribution in [0.5, 0.6) is 5.75 Å². The smallest absolute Gasteiger partial charge is 0.267 e. The monoisotopic (exact) mass is 412 g/mol. The van der Waals surface area contributed by atoms with Crippen molar-refractivity contribution < 1.29 is 4.74 Å². The molecule has 31 heavy (non-hydrogen) atoms. The van der Waals surface area contributed by atoms with E-state index in [0.29, 0.717) is 16.9 Å². The number of aryl methyl sites for hydroxylation is 1. The predicted octanol–water partition coefficient (Wildman–Crippen LogP) is 4.85. The molecule has 156 valence electrons. The highest BCUT2D eigenvalue weighted by Gasteiger charge is 2.15.